The van der Waals surface area contributed by atoms with Gasteiger partial charge in [-0.2, -0.15) is 0 Å². The molecule has 0 bridgehead atoms. The predicted octanol–water partition coefficient (Wildman–Crippen LogP) is 5.42. The van der Waals surface area contributed by atoms with Gasteiger partial charge in [-0.1, -0.05) is 77.6 Å². The number of carbonyl (C=O) groups excluding carboxylic acids is 1. The third-order valence-corrected chi connectivity index (χ3v) is 4.00. The van der Waals surface area contributed by atoms with Gasteiger partial charge in [-0.25, -0.2) is 0 Å². The maximum Gasteiger partial charge on any atom is 0.119 e. The van der Waals surface area contributed by atoms with Gasteiger partial charge in [-0.15, -0.1) is 0 Å². The van der Waals surface area contributed by atoms with Crippen LogP contribution in [0.3, 0.4) is 0 Å². The zero-order valence-electron chi connectivity index (χ0n) is 13.6. The Kier molecular flexibility index (Phi) is 16.4. The van der Waals surface area contributed by atoms with Gasteiger partial charge in [0.2, 0.25) is 0 Å². The maximum absolute atomic E-state index is 10.1. The molecular formula is C18H36O2. The summed E-state index contributed by atoms with van der Waals surface area (Å²) in [4.78, 5) is 10.1. The van der Waals surface area contributed by atoms with Crippen LogP contribution in [0, 0.1) is 0 Å². The van der Waals surface area contributed by atoms with Gasteiger partial charge >= 0.3 is 0 Å². The highest BCUT2D eigenvalue weighted by Crippen LogP contribution is 2.14. The van der Waals surface area contributed by atoms with Crippen LogP contribution in [0.2, 0.25) is 0 Å². The van der Waals surface area contributed by atoms with E-state index >= 15 is 0 Å². The molecule has 0 aromatic carbocycles. The molecule has 0 amide bonds. The molecule has 2 heteroatoms. The second-order valence-electron chi connectivity index (χ2n) is 6.08. The summed E-state index contributed by atoms with van der Waals surface area (Å²) in [6, 6.07) is 0. The lowest BCUT2D eigenvalue weighted by molar-refractivity contribution is -0.107. The average Bonchev–Trinajstić information content (AvgIpc) is 2.45. The van der Waals surface area contributed by atoms with Crippen molar-refractivity contribution in [2.45, 2.75) is 109 Å². The van der Waals surface area contributed by atoms with Crippen LogP contribution in [-0.4, -0.2) is 17.5 Å². The van der Waals surface area contributed by atoms with E-state index in [1.165, 1.54) is 70.6 Å². The van der Waals surface area contributed by atoms with Gasteiger partial charge in [0.15, 0.2) is 0 Å². The Morgan fingerprint density at radius 3 is 1.70 bits per heavy atom. The molecule has 0 fully saturated rings. The molecule has 0 spiro atoms. The molecule has 0 rings (SSSR count). The van der Waals surface area contributed by atoms with E-state index < -0.39 is 0 Å². The monoisotopic (exact) mass is 284 g/mol. The standard InChI is InChI=1S/C18H36O2/c1-2-3-4-12-15-18(20)16-13-10-8-6-5-7-9-11-14-17-19/h17-18,20H,2-16H2,1H3/t18-/m0/s1. The summed E-state index contributed by atoms with van der Waals surface area (Å²) >= 11 is 0. The smallest absolute Gasteiger partial charge is 0.119 e. The van der Waals surface area contributed by atoms with E-state index in [9.17, 15) is 9.90 Å². The Balaban J connectivity index is 3.09. The predicted molar refractivity (Wildman–Crippen MR) is 87.0 cm³/mol. The van der Waals surface area contributed by atoms with E-state index in [1.54, 1.807) is 0 Å². The van der Waals surface area contributed by atoms with Crippen LogP contribution in [0.25, 0.3) is 0 Å². The lowest BCUT2D eigenvalue weighted by Gasteiger charge is -2.10. The minimum absolute atomic E-state index is 0.0600. The molecule has 0 aliphatic carbocycles. The lowest BCUT2D eigenvalue weighted by atomic mass is 10.0. The summed E-state index contributed by atoms with van der Waals surface area (Å²) in [5.74, 6) is 0. The average molecular weight is 284 g/mol. The third kappa shape index (κ3) is 15.7. The molecule has 0 unspecified atom stereocenters. The first-order valence-corrected chi connectivity index (χ1v) is 8.93. The fourth-order valence-electron chi connectivity index (χ4n) is 2.62. The largest absolute Gasteiger partial charge is 0.393 e. The summed E-state index contributed by atoms with van der Waals surface area (Å²) in [5, 5.41) is 9.84. The second-order valence-corrected chi connectivity index (χ2v) is 6.08. The quantitative estimate of drug-likeness (QED) is 0.303. The molecule has 0 aromatic heterocycles. The van der Waals surface area contributed by atoms with E-state index in [-0.39, 0.29) is 6.10 Å². The number of aldehydes is 1. The van der Waals surface area contributed by atoms with Gasteiger partial charge in [-0.3, -0.25) is 0 Å². The van der Waals surface area contributed by atoms with Crippen LogP contribution >= 0.6 is 0 Å². The number of hydrogen-bond acceptors (Lipinski definition) is 2. The van der Waals surface area contributed by atoms with Crippen LogP contribution < -0.4 is 0 Å². The van der Waals surface area contributed by atoms with Crippen LogP contribution in [0.4, 0.5) is 0 Å². The van der Waals surface area contributed by atoms with Crippen molar-refractivity contribution in [3.63, 3.8) is 0 Å². The van der Waals surface area contributed by atoms with Gasteiger partial charge in [0.05, 0.1) is 6.10 Å². The lowest BCUT2D eigenvalue weighted by Crippen LogP contribution is -2.05. The molecule has 0 heterocycles. The van der Waals surface area contributed by atoms with Gasteiger partial charge in [0.25, 0.3) is 0 Å². The molecule has 0 aliphatic heterocycles. The molecule has 2 nitrogen and oxygen atoms in total. The summed E-state index contributed by atoms with van der Waals surface area (Å²) in [6.45, 7) is 2.22. The van der Waals surface area contributed by atoms with E-state index in [0.29, 0.717) is 0 Å². The van der Waals surface area contributed by atoms with Crippen molar-refractivity contribution < 1.29 is 9.90 Å². The van der Waals surface area contributed by atoms with Crippen LogP contribution in [0.5, 0.6) is 0 Å². The Morgan fingerprint density at radius 2 is 1.20 bits per heavy atom. The van der Waals surface area contributed by atoms with Crippen LogP contribution in [-0.2, 0) is 4.79 Å². The summed E-state index contributed by atoms with van der Waals surface area (Å²) in [5.41, 5.74) is 0. The van der Waals surface area contributed by atoms with Crippen molar-refractivity contribution in [2.24, 2.45) is 0 Å². The van der Waals surface area contributed by atoms with Crippen molar-refractivity contribution >= 4 is 6.29 Å². The highest BCUT2D eigenvalue weighted by atomic mass is 16.3. The van der Waals surface area contributed by atoms with Crippen molar-refractivity contribution in [1.82, 2.24) is 0 Å². The van der Waals surface area contributed by atoms with Crippen molar-refractivity contribution in [3.8, 4) is 0 Å². The van der Waals surface area contributed by atoms with E-state index in [1.807, 2.05) is 0 Å². The first-order chi connectivity index (χ1) is 9.81. The van der Waals surface area contributed by atoms with Gasteiger partial charge in [0, 0.05) is 6.42 Å². The van der Waals surface area contributed by atoms with Crippen LogP contribution in [0.15, 0.2) is 0 Å². The molecule has 0 aliphatic rings. The number of rotatable bonds is 16. The normalized spacial score (nSPS) is 12.5. The number of aliphatic hydroxyl groups is 1. The molecule has 1 atom stereocenters. The molecular weight excluding hydrogens is 248 g/mol. The molecule has 0 saturated carbocycles. The third-order valence-electron chi connectivity index (χ3n) is 4.00. The van der Waals surface area contributed by atoms with Crippen molar-refractivity contribution in [2.75, 3.05) is 0 Å². The number of hydrogen-bond donors (Lipinski definition) is 1. The van der Waals surface area contributed by atoms with E-state index in [0.717, 1.165) is 32.0 Å². The molecule has 20 heavy (non-hydrogen) atoms. The minimum Gasteiger partial charge on any atom is -0.393 e. The zero-order chi connectivity index (χ0) is 14.9. The Labute approximate surface area is 126 Å². The SMILES string of the molecule is CCCCCC[C@H](O)CCCCCCCCCCC=O. The molecule has 0 saturated heterocycles. The number of aliphatic hydroxyl groups excluding tert-OH is 1. The van der Waals surface area contributed by atoms with E-state index in [2.05, 4.69) is 6.92 Å². The molecule has 0 radical (unpaired) electrons. The van der Waals surface area contributed by atoms with Gasteiger partial charge in [0.1, 0.15) is 6.29 Å². The molecule has 120 valence electrons. The van der Waals surface area contributed by atoms with Crippen molar-refractivity contribution in [1.29, 1.82) is 0 Å². The zero-order valence-corrected chi connectivity index (χ0v) is 13.6. The molecule has 0 aromatic rings. The number of carbonyl (C=O) groups is 1. The highest BCUT2D eigenvalue weighted by molar-refractivity contribution is 5.48. The maximum atomic E-state index is 10.1. The van der Waals surface area contributed by atoms with Gasteiger partial charge in [-0.05, 0) is 19.3 Å². The van der Waals surface area contributed by atoms with Crippen molar-refractivity contribution in [3.05, 3.63) is 0 Å². The Morgan fingerprint density at radius 1 is 0.750 bits per heavy atom. The van der Waals surface area contributed by atoms with Gasteiger partial charge < -0.3 is 9.90 Å². The first kappa shape index (κ1) is 19.6. The Hall–Kier alpha value is -0.370. The topological polar surface area (TPSA) is 37.3 Å². The fourth-order valence-corrected chi connectivity index (χ4v) is 2.62. The second kappa shape index (κ2) is 16.7. The highest BCUT2D eigenvalue weighted by Gasteiger charge is 2.03. The fraction of sp³-hybridized carbons (Fsp3) is 0.944. The Bertz CT molecular complexity index is 192. The minimum atomic E-state index is -0.0600. The summed E-state index contributed by atoms with van der Waals surface area (Å²) in [7, 11) is 0. The number of unbranched alkanes of at least 4 members (excludes halogenated alkanes) is 11. The van der Waals surface area contributed by atoms with Crippen LogP contribution in [0.1, 0.15) is 103 Å². The molecule has 1 N–H and O–H groups in total. The van der Waals surface area contributed by atoms with E-state index in [4.69, 9.17) is 0 Å². The first-order valence-electron chi connectivity index (χ1n) is 8.93. The summed E-state index contributed by atoms with van der Waals surface area (Å²) < 4.78 is 0. The summed E-state index contributed by atoms with van der Waals surface area (Å²) in [6.07, 6.45) is 18.6.